The Balaban J connectivity index is 3.70. The van der Waals surface area contributed by atoms with Crippen LogP contribution in [0.15, 0.2) is 12.3 Å². The number of nitrogens with one attached hydrogen (secondary N) is 2. The summed E-state index contributed by atoms with van der Waals surface area (Å²) in [4.78, 5) is 0. The van der Waals surface area contributed by atoms with Gasteiger partial charge in [-0.3, -0.25) is 0 Å². The topological polar surface area (TPSA) is 59.3 Å². The summed E-state index contributed by atoms with van der Waals surface area (Å²) in [6.45, 7) is 6.02. The summed E-state index contributed by atoms with van der Waals surface area (Å²) in [5.41, 5.74) is 6.33. The highest BCUT2D eigenvalue weighted by Gasteiger charge is 2.07. The van der Waals surface area contributed by atoms with Crippen LogP contribution >= 0.6 is 0 Å². The zero-order chi connectivity index (χ0) is 10.8. The number of hydrogen-bond acceptors (Lipinski definition) is 4. The Morgan fingerprint density at radius 2 is 2.29 bits per heavy atom. The molecule has 0 amide bonds. The summed E-state index contributed by atoms with van der Waals surface area (Å²) < 4.78 is 5.12. The molecule has 0 aromatic carbocycles. The van der Waals surface area contributed by atoms with Crippen molar-refractivity contribution in [3.8, 4) is 0 Å². The molecule has 1 unspecified atom stereocenters. The number of hydrogen-bond donors (Lipinski definition) is 3. The summed E-state index contributed by atoms with van der Waals surface area (Å²) in [7, 11) is 3.66. The highest BCUT2D eigenvalue weighted by Crippen LogP contribution is 1.99. The fourth-order valence-corrected chi connectivity index (χ4v) is 1.27. The number of ether oxygens (including phenoxy) is 1. The van der Waals surface area contributed by atoms with Crippen molar-refractivity contribution in [1.29, 1.82) is 0 Å². The molecular formula is C10H23N3O. The number of nitrogens with two attached hydrogens (primary N) is 1. The quantitative estimate of drug-likeness (QED) is 0.462. The van der Waals surface area contributed by atoms with Crippen LogP contribution in [0.2, 0.25) is 0 Å². The van der Waals surface area contributed by atoms with Crippen molar-refractivity contribution in [2.45, 2.75) is 18.9 Å². The van der Waals surface area contributed by atoms with Crippen LogP contribution in [0.1, 0.15) is 12.8 Å². The Bertz CT molecular complexity index is 150. The van der Waals surface area contributed by atoms with Crippen molar-refractivity contribution >= 4 is 0 Å². The van der Waals surface area contributed by atoms with E-state index in [4.69, 9.17) is 10.5 Å². The zero-order valence-corrected chi connectivity index (χ0v) is 9.31. The second kappa shape index (κ2) is 8.99. The van der Waals surface area contributed by atoms with E-state index in [1.807, 2.05) is 7.05 Å². The van der Waals surface area contributed by atoms with Gasteiger partial charge in [-0.25, -0.2) is 0 Å². The van der Waals surface area contributed by atoms with Crippen LogP contribution in [0.5, 0.6) is 0 Å². The molecule has 4 heteroatoms. The van der Waals surface area contributed by atoms with E-state index >= 15 is 0 Å². The summed E-state index contributed by atoms with van der Waals surface area (Å²) in [6.07, 6.45) is 2.18. The maximum absolute atomic E-state index is 5.46. The Morgan fingerprint density at radius 1 is 1.57 bits per heavy atom. The molecule has 0 aromatic heterocycles. The van der Waals surface area contributed by atoms with Crippen molar-refractivity contribution in [3.63, 3.8) is 0 Å². The summed E-state index contributed by atoms with van der Waals surface area (Å²) in [6, 6.07) is 0.324. The molecule has 0 aliphatic carbocycles. The standard InChI is InChI=1S/C10H23N3O/c1-9(7-11)13-10(8-14-3)5-4-6-12-2/h10,12-13H,1,4-8,11H2,2-3H3. The highest BCUT2D eigenvalue weighted by molar-refractivity contribution is 4.94. The van der Waals surface area contributed by atoms with E-state index in [2.05, 4.69) is 17.2 Å². The molecule has 4 nitrogen and oxygen atoms in total. The van der Waals surface area contributed by atoms with Gasteiger partial charge in [-0.15, -0.1) is 0 Å². The molecule has 0 fully saturated rings. The van der Waals surface area contributed by atoms with E-state index in [1.165, 1.54) is 0 Å². The number of methoxy groups -OCH3 is 1. The molecule has 0 aliphatic heterocycles. The van der Waals surface area contributed by atoms with Gasteiger partial charge in [0.2, 0.25) is 0 Å². The van der Waals surface area contributed by atoms with Gasteiger partial charge in [-0.2, -0.15) is 0 Å². The Hall–Kier alpha value is -0.580. The molecule has 84 valence electrons. The number of rotatable bonds is 9. The van der Waals surface area contributed by atoms with Gasteiger partial charge in [0, 0.05) is 25.4 Å². The van der Waals surface area contributed by atoms with Crippen LogP contribution < -0.4 is 16.4 Å². The Morgan fingerprint density at radius 3 is 2.79 bits per heavy atom. The molecule has 0 rings (SSSR count). The van der Waals surface area contributed by atoms with Crippen LogP contribution in [-0.4, -0.2) is 39.9 Å². The van der Waals surface area contributed by atoms with E-state index in [0.717, 1.165) is 25.1 Å². The van der Waals surface area contributed by atoms with Crippen molar-refractivity contribution in [2.24, 2.45) is 5.73 Å². The van der Waals surface area contributed by atoms with Gasteiger partial charge in [0.1, 0.15) is 0 Å². The second-order valence-corrected chi connectivity index (χ2v) is 3.35. The Labute approximate surface area is 86.9 Å². The second-order valence-electron chi connectivity index (χ2n) is 3.35. The van der Waals surface area contributed by atoms with Crippen LogP contribution in [0, 0.1) is 0 Å². The van der Waals surface area contributed by atoms with Crippen LogP contribution in [0.25, 0.3) is 0 Å². The minimum Gasteiger partial charge on any atom is -0.383 e. The van der Waals surface area contributed by atoms with E-state index in [9.17, 15) is 0 Å². The normalized spacial score (nSPS) is 12.5. The highest BCUT2D eigenvalue weighted by atomic mass is 16.5. The summed E-state index contributed by atoms with van der Waals surface area (Å²) in [5, 5.41) is 6.37. The molecule has 4 N–H and O–H groups in total. The third-order valence-electron chi connectivity index (χ3n) is 2.00. The average molecular weight is 201 g/mol. The van der Waals surface area contributed by atoms with E-state index in [0.29, 0.717) is 19.2 Å². The first-order valence-corrected chi connectivity index (χ1v) is 5.02. The van der Waals surface area contributed by atoms with Crippen molar-refractivity contribution in [2.75, 3.05) is 33.9 Å². The van der Waals surface area contributed by atoms with E-state index in [-0.39, 0.29) is 0 Å². The lowest BCUT2D eigenvalue weighted by Gasteiger charge is -2.19. The predicted molar refractivity (Wildman–Crippen MR) is 60.2 cm³/mol. The van der Waals surface area contributed by atoms with Gasteiger partial charge in [0.25, 0.3) is 0 Å². The van der Waals surface area contributed by atoms with Crippen LogP contribution in [-0.2, 0) is 4.74 Å². The smallest absolute Gasteiger partial charge is 0.0663 e. The molecule has 1 atom stereocenters. The van der Waals surface area contributed by atoms with Gasteiger partial charge in [0.15, 0.2) is 0 Å². The molecule has 0 saturated heterocycles. The third kappa shape index (κ3) is 6.88. The SMILES string of the molecule is C=C(CN)NC(CCCNC)COC. The molecule has 14 heavy (non-hydrogen) atoms. The minimum atomic E-state index is 0.324. The fraction of sp³-hybridized carbons (Fsp3) is 0.800. The Kier molecular flexibility index (Phi) is 8.62. The lowest BCUT2D eigenvalue weighted by Crippen LogP contribution is -2.35. The molecule has 0 aromatic rings. The van der Waals surface area contributed by atoms with E-state index < -0.39 is 0 Å². The minimum absolute atomic E-state index is 0.324. The first-order chi connectivity index (χ1) is 6.74. The molecule has 0 heterocycles. The molecule has 0 saturated carbocycles. The lowest BCUT2D eigenvalue weighted by atomic mass is 10.1. The van der Waals surface area contributed by atoms with Gasteiger partial charge in [0.05, 0.1) is 6.61 Å². The predicted octanol–water partition coefficient (Wildman–Crippen LogP) is 0.0630. The average Bonchev–Trinajstić information content (AvgIpc) is 2.18. The zero-order valence-electron chi connectivity index (χ0n) is 9.31. The molecule has 0 aliphatic rings. The van der Waals surface area contributed by atoms with Crippen LogP contribution in [0.3, 0.4) is 0 Å². The van der Waals surface area contributed by atoms with Crippen molar-refractivity contribution < 1.29 is 4.74 Å². The molecule has 0 bridgehead atoms. The summed E-state index contributed by atoms with van der Waals surface area (Å²) in [5.74, 6) is 0. The maximum Gasteiger partial charge on any atom is 0.0663 e. The maximum atomic E-state index is 5.46. The largest absolute Gasteiger partial charge is 0.383 e. The van der Waals surface area contributed by atoms with Crippen molar-refractivity contribution in [1.82, 2.24) is 10.6 Å². The third-order valence-corrected chi connectivity index (χ3v) is 2.00. The first kappa shape index (κ1) is 13.4. The van der Waals surface area contributed by atoms with E-state index in [1.54, 1.807) is 7.11 Å². The van der Waals surface area contributed by atoms with Gasteiger partial charge < -0.3 is 21.1 Å². The molecular weight excluding hydrogens is 178 g/mol. The van der Waals surface area contributed by atoms with Gasteiger partial charge >= 0.3 is 0 Å². The lowest BCUT2D eigenvalue weighted by molar-refractivity contribution is 0.165. The van der Waals surface area contributed by atoms with Gasteiger partial charge in [-0.05, 0) is 26.4 Å². The van der Waals surface area contributed by atoms with Crippen molar-refractivity contribution in [3.05, 3.63) is 12.3 Å². The van der Waals surface area contributed by atoms with Crippen LogP contribution in [0.4, 0.5) is 0 Å². The fourth-order valence-electron chi connectivity index (χ4n) is 1.27. The first-order valence-electron chi connectivity index (χ1n) is 5.02. The molecule has 0 spiro atoms. The summed E-state index contributed by atoms with van der Waals surface area (Å²) >= 11 is 0. The molecule has 0 radical (unpaired) electrons. The monoisotopic (exact) mass is 201 g/mol. The van der Waals surface area contributed by atoms with Gasteiger partial charge in [-0.1, -0.05) is 6.58 Å².